The smallest absolute Gasteiger partial charge is 0.251 e. The van der Waals surface area contributed by atoms with Crippen molar-refractivity contribution >= 4 is 39.1 Å². The van der Waals surface area contributed by atoms with Gasteiger partial charge in [-0.05, 0) is 74.8 Å². The summed E-state index contributed by atoms with van der Waals surface area (Å²) in [6.07, 6.45) is 2.50. The first-order chi connectivity index (χ1) is 13.6. The highest BCUT2D eigenvalue weighted by Crippen LogP contribution is 2.33. The van der Waals surface area contributed by atoms with Gasteiger partial charge in [0, 0.05) is 5.56 Å². The topological polar surface area (TPSA) is 53.5 Å². The molecule has 0 saturated carbocycles. The summed E-state index contributed by atoms with van der Waals surface area (Å²) >= 11 is 1.66. The Balaban J connectivity index is 1.41. The number of fused-ring (bicyclic) bond motifs is 1. The maximum absolute atomic E-state index is 12.9. The zero-order chi connectivity index (χ0) is 19.3. The molecule has 0 radical (unpaired) electrons. The van der Waals surface area contributed by atoms with Crippen LogP contribution in [-0.4, -0.2) is 40.8 Å². The third-order valence-electron chi connectivity index (χ3n) is 5.62. The molecule has 3 aromatic rings. The molecule has 2 saturated heterocycles. The molecule has 28 heavy (non-hydrogen) atoms. The van der Waals surface area contributed by atoms with E-state index in [4.69, 9.17) is 4.98 Å². The van der Waals surface area contributed by atoms with Gasteiger partial charge in [-0.1, -0.05) is 6.07 Å². The van der Waals surface area contributed by atoms with Crippen molar-refractivity contribution in [3.8, 4) is 10.6 Å². The van der Waals surface area contributed by atoms with Crippen molar-refractivity contribution < 1.29 is 9.59 Å². The molecule has 142 valence electrons. The molecule has 3 heterocycles. The van der Waals surface area contributed by atoms with E-state index in [9.17, 15) is 9.59 Å². The van der Waals surface area contributed by atoms with Crippen LogP contribution in [0.5, 0.6) is 0 Å². The molecule has 5 rings (SSSR count). The number of imide groups is 1. The number of aryl methyl sites for hydroxylation is 1. The summed E-state index contributed by atoms with van der Waals surface area (Å²) in [6.45, 7) is 3.90. The predicted molar refractivity (Wildman–Crippen MR) is 111 cm³/mol. The lowest BCUT2D eigenvalue weighted by molar-refractivity contribution is -0.122. The molecule has 1 aromatic heterocycles. The third-order valence-corrected chi connectivity index (χ3v) is 6.69. The second-order valence-corrected chi connectivity index (χ2v) is 8.60. The number of hydrogen-bond acceptors (Lipinski definition) is 5. The normalized spacial score (nSPS) is 20.6. The number of benzene rings is 2. The second-order valence-electron chi connectivity index (χ2n) is 7.57. The average molecular weight is 391 g/mol. The monoisotopic (exact) mass is 391 g/mol. The molecule has 0 aliphatic carbocycles. The second kappa shape index (κ2) is 6.79. The Morgan fingerprint density at radius 1 is 1.04 bits per heavy atom. The maximum atomic E-state index is 12.9. The maximum Gasteiger partial charge on any atom is 0.251 e. The van der Waals surface area contributed by atoms with Crippen molar-refractivity contribution in [1.82, 2.24) is 9.88 Å². The quantitative estimate of drug-likeness (QED) is 0.634. The van der Waals surface area contributed by atoms with Gasteiger partial charge in [0.05, 0.1) is 28.4 Å². The van der Waals surface area contributed by atoms with E-state index in [0.29, 0.717) is 5.69 Å². The highest BCUT2D eigenvalue weighted by Gasteiger charge is 2.43. The summed E-state index contributed by atoms with van der Waals surface area (Å²) in [7, 11) is 0. The van der Waals surface area contributed by atoms with Crippen LogP contribution in [0.3, 0.4) is 0 Å². The van der Waals surface area contributed by atoms with Gasteiger partial charge >= 0.3 is 0 Å². The number of amides is 2. The van der Waals surface area contributed by atoms with Gasteiger partial charge < -0.3 is 0 Å². The molecule has 2 aromatic carbocycles. The van der Waals surface area contributed by atoms with E-state index in [1.54, 1.807) is 11.3 Å². The van der Waals surface area contributed by atoms with Crippen LogP contribution in [0.1, 0.15) is 24.8 Å². The van der Waals surface area contributed by atoms with Crippen molar-refractivity contribution in [2.75, 3.05) is 18.0 Å². The molecule has 0 N–H and O–H groups in total. The first kappa shape index (κ1) is 17.5. The van der Waals surface area contributed by atoms with Gasteiger partial charge in [-0.25, -0.2) is 9.88 Å². The van der Waals surface area contributed by atoms with Crippen LogP contribution in [0, 0.1) is 6.92 Å². The zero-order valence-corrected chi connectivity index (χ0v) is 16.5. The van der Waals surface area contributed by atoms with E-state index in [-0.39, 0.29) is 24.3 Å². The van der Waals surface area contributed by atoms with Crippen LogP contribution in [0.25, 0.3) is 20.8 Å². The van der Waals surface area contributed by atoms with Crippen molar-refractivity contribution in [2.45, 2.75) is 32.2 Å². The van der Waals surface area contributed by atoms with Crippen LogP contribution in [-0.2, 0) is 9.59 Å². The summed E-state index contributed by atoms with van der Waals surface area (Å²) in [5, 5.41) is 0.946. The number of aromatic nitrogens is 1. The lowest BCUT2D eigenvalue weighted by atomic mass is 10.2. The number of rotatable bonds is 3. The predicted octanol–water partition coefficient (Wildman–Crippen LogP) is 4.00. The number of thiazole rings is 1. The van der Waals surface area contributed by atoms with E-state index in [1.165, 1.54) is 10.5 Å². The van der Waals surface area contributed by atoms with Gasteiger partial charge in [0.25, 0.3) is 5.91 Å². The van der Waals surface area contributed by atoms with Crippen molar-refractivity contribution in [1.29, 1.82) is 0 Å². The Labute approximate surface area is 167 Å². The number of likely N-dealkylation sites (tertiary alicyclic amines) is 1. The lowest BCUT2D eigenvalue weighted by Gasteiger charge is -2.21. The molecule has 2 amide bonds. The van der Waals surface area contributed by atoms with E-state index in [1.807, 2.05) is 30.3 Å². The molecular formula is C22H21N3O2S. The number of carbonyl (C=O) groups is 2. The molecule has 1 atom stereocenters. The first-order valence-corrected chi connectivity index (χ1v) is 10.5. The molecule has 0 spiro atoms. The molecule has 0 bridgehead atoms. The first-order valence-electron chi connectivity index (χ1n) is 9.69. The fraction of sp³-hybridized carbons (Fsp3) is 0.318. The van der Waals surface area contributed by atoms with Gasteiger partial charge in [0.15, 0.2) is 0 Å². The van der Waals surface area contributed by atoms with Crippen molar-refractivity contribution in [3.63, 3.8) is 0 Å². The minimum Gasteiger partial charge on any atom is -0.292 e. The Kier molecular flexibility index (Phi) is 4.25. The molecule has 5 nitrogen and oxygen atoms in total. The largest absolute Gasteiger partial charge is 0.292 e. The number of nitrogens with zero attached hydrogens (tertiary/aromatic N) is 3. The summed E-state index contributed by atoms with van der Waals surface area (Å²) in [5.74, 6) is -0.194. The van der Waals surface area contributed by atoms with Crippen molar-refractivity contribution in [2.24, 2.45) is 0 Å². The van der Waals surface area contributed by atoms with Crippen molar-refractivity contribution in [3.05, 3.63) is 48.0 Å². The summed E-state index contributed by atoms with van der Waals surface area (Å²) in [5.41, 5.74) is 3.86. The fourth-order valence-electron chi connectivity index (χ4n) is 4.13. The minimum atomic E-state index is -0.290. The van der Waals surface area contributed by atoms with Crippen LogP contribution >= 0.6 is 11.3 Å². The van der Waals surface area contributed by atoms with Crippen LogP contribution < -0.4 is 4.90 Å². The summed E-state index contributed by atoms with van der Waals surface area (Å²) in [6, 6.07) is 13.6. The van der Waals surface area contributed by atoms with Crippen LogP contribution in [0.2, 0.25) is 0 Å². The number of anilines is 1. The standard InChI is InChI=1S/C22H21N3O2S/c1-14-4-9-17-19(12-14)28-21(23-17)15-5-7-16(8-6-15)25-20(26)13-18(22(25)27)24-10-2-3-11-24/h4-9,12,18H,2-3,10-11,13H2,1H3. The Morgan fingerprint density at radius 2 is 1.79 bits per heavy atom. The van der Waals surface area contributed by atoms with E-state index >= 15 is 0 Å². The Bertz CT molecular complexity index is 1070. The Hall–Kier alpha value is -2.57. The third kappa shape index (κ3) is 2.93. The summed E-state index contributed by atoms with van der Waals surface area (Å²) < 4.78 is 1.16. The van der Waals surface area contributed by atoms with Gasteiger partial charge in [0.2, 0.25) is 5.91 Å². The van der Waals surface area contributed by atoms with Crippen LogP contribution in [0.15, 0.2) is 42.5 Å². The molecule has 6 heteroatoms. The minimum absolute atomic E-state index is 0.0879. The molecule has 2 fully saturated rings. The molecule has 2 aliphatic rings. The summed E-state index contributed by atoms with van der Waals surface area (Å²) in [4.78, 5) is 33.6. The highest BCUT2D eigenvalue weighted by atomic mass is 32.1. The Morgan fingerprint density at radius 3 is 2.54 bits per heavy atom. The SMILES string of the molecule is Cc1ccc2nc(-c3ccc(N4C(=O)CC(N5CCCC5)C4=O)cc3)sc2c1. The van der Waals surface area contributed by atoms with Gasteiger partial charge in [-0.15, -0.1) is 11.3 Å². The van der Waals surface area contributed by atoms with E-state index in [2.05, 4.69) is 24.0 Å². The highest BCUT2D eigenvalue weighted by molar-refractivity contribution is 7.21. The van der Waals surface area contributed by atoms with Crippen LogP contribution in [0.4, 0.5) is 5.69 Å². The lowest BCUT2D eigenvalue weighted by Crippen LogP contribution is -2.40. The molecule has 2 aliphatic heterocycles. The number of carbonyl (C=O) groups excluding carboxylic acids is 2. The number of hydrogen-bond donors (Lipinski definition) is 0. The fourth-order valence-corrected chi connectivity index (χ4v) is 5.20. The van der Waals surface area contributed by atoms with Gasteiger partial charge in [-0.3, -0.25) is 14.5 Å². The van der Waals surface area contributed by atoms with Gasteiger partial charge in [-0.2, -0.15) is 0 Å². The van der Waals surface area contributed by atoms with E-state index in [0.717, 1.165) is 46.7 Å². The molecular weight excluding hydrogens is 370 g/mol. The van der Waals surface area contributed by atoms with Gasteiger partial charge in [0.1, 0.15) is 5.01 Å². The molecule has 1 unspecified atom stereocenters. The average Bonchev–Trinajstić information content (AvgIpc) is 3.41. The zero-order valence-electron chi connectivity index (χ0n) is 15.7. The van der Waals surface area contributed by atoms with E-state index < -0.39 is 0 Å².